The number of hydrogen-bond donors (Lipinski definition) is 1. The van der Waals surface area contributed by atoms with E-state index in [4.69, 9.17) is 4.74 Å². The van der Waals surface area contributed by atoms with E-state index in [0.717, 1.165) is 33.5 Å². The van der Waals surface area contributed by atoms with Crippen molar-refractivity contribution in [3.63, 3.8) is 0 Å². The van der Waals surface area contributed by atoms with Crippen LogP contribution in [0.25, 0.3) is 0 Å². The summed E-state index contributed by atoms with van der Waals surface area (Å²) in [5, 5.41) is 3.85. The maximum atomic E-state index is 12.7. The van der Waals surface area contributed by atoms with Crippen molar-refractivity contribution < 1.29 is 19.1 Å². The van der Waals surface area contributed by atoms with E-state index in [-0.39, 0.29) is 23.0 Å². The number of hydrogen-bond acceptors (Lipinski definition) is 6. The summed E-state index contributed by atoms with van der Waals surface area (Å²) in [5.41, 5.74) is 4.41. The highest BCUT2D eigenvalue weighted by atomic mass is 32.2. The Kier molecular flexibility index (Phi) is 4.32. The minimum atomic E-state index is -0.854. The highest BCUT2D eigenvalue weighted by Gasteiger charge is 2.47. The van der Waals surface area contributed by atoms with Crippen molar-refractivity contribution in [1.82, 2.24) is 5.43 Å². The monoisotopic (exact) mass is 361 g/mol. The second-order valence-corrected chi connectivity index (χ2v) is 7.67. The number of carbonyl (C=O) groups is 3. The molecule has 0 spiro atoms. The first-order valence-electron chi connectivity index (χ1n) is 7.97. The van der Waals surface area contributed by atoms with Gasteiger partial charge in [0.2, 0.25) is 5.91 Å². The van der Waals surface area contributed by atoms with Gasteiger partial charge in [-0.3, -0.25) is 9.59 Å². The number of nitrogens with one attached hydrogen (secondary N) is 1. The molecule has 7 nitrogen and oxygen atoms in total. The SMILES string of the molecule is CCOC(=O)N1C(=O)C(C)(C)c2cc(C3=NNC(=O)S[C@H]3C)ccc21. The van der Waals surface area contributed by atoms with Gasteiger partial charge in [0.1, 0.15) is 0 Å². The molecule has 1 atom stereocenters. The molecule has 0 unspecified atom stereocenters. The van der Waals surface area contributed by atoms with Crippen LogP contribution in [0, 0.1) is 0 Å². The average Bonchev–Trinajstić information content (AvgIpc) is 2.74. The molecule has 2 aliphatic rings. The molecule has 3 rings (SSSR count). The fourth-order valence-electron chi connectivity index (χ4n) is 3.00. The lowest BCUT2D eigenvalue weighted by molar-refractivity contribution is -0.121. The summed E-state index contributed by atoms with van der Waals surface area (Å²) in [6, 6.07) is 5.39. The van der Waals surface area contributed by atoms with Crippen LogP contribution >= 0.6 is 11.8 Å². The third-order valence-corrected chi connectivity index (χ3v) is 5.21. The first kappa shape index (κ1) is 17.5. The molecule has 0 aliphatic carbocycles. The summed E-state index contributed by atoms with van der Waals surface area (Å²) in [7, 11) is 0. The van der Waals surface area contributed by atoms with Crippen molar-refractivity contribution in [2.24, 2.45) is 5.10 Å². The smallest absolute Gasteiger partial charge is 0.421 e. The van der Waals surface area contributed by atoms with E-state index in [0.29, 0.717) is 5.69 Å². The van der Waals surface area contributed by atoms with Gasteiger partial charge in [0.15, 0.2) is 0 Å². The maximum absolute atomic E-state index is 12.7. The molecule has 1 aromatic rings. The molecule has 3 amide bonds. The Morgan fingerprint density at radius 1 is 1.40 bits per heavy atom. The summed E-state index contributed by atoms with van der Waals surface area (Å²) in [4.78, 5) is 37.4. The predicted molar refractivity (Wildman–Crippen MR) is 96.1 cm³/mol. The van der Waals surface area contributed by atoms with Gasteiger partial charge in [-0.05, 0) is 51.0 Å². The Morgan fingerprint density at radius 2 is 2.12 bits per heavy atom. The quantitative estimate of drug-likeness (QED) is 0.875. The van der Waals surface area contributed by atoms with Gasteiger partial charge in [-0.2, -0.15) is 5.10 Å². The lowest BCUT2D eigenvalue weighted by Crippen LogP contribution is -2.40. The Morgan fingerprint density at radius 3 is 2.76 bits per heavy atom. The fourth-order valence-corrected chi connectivity index (χ4v) is 3.72. The fraction of sp³-hybridized carbons (Fsp3) is 0.412. The summed E-state index contributed by atoms with van der Waals surface area (Å²) < 4.78 is 5.01. The Balaban J connectivity index is 2.05. The van der Waals surface area contributed by atoms with Crippen LogP contribution in [0.1, 0.15) is 38.8 Å². The van der Waals surface area contributed by atoms with Gasteiger partial charge < -0.3 is 4.74 Å². The van der Waals surface area contributed by atoms with Crippen LogP contribution in [0.5, 0.6) is 0 Å². The molecule has 25 heavy (non-hydrogen) atoms. The van der Waals surface area contributed by atoms with E-state index < -0.39 is 11.5 Å². The standard InChI is InChI=1S/C17H19N3O4S/c1-5-24-16(23)20-12-7-6-10(8-11(12)17(3,4)14(20)21)13-9(2)25-15(22)19-18-13/h6-9H,5H2,1-4H3,(H,19,22)/t9-/m0/s1. The van der Waals surface area contributed by atoms with Gasteiger partial charge in [0, 0.05) is 0 Å². The Bertz CT molecular complexity index is 803. The zero-order chi connectivity index (χ0) is 18.4. The number of fused-ring (bicyclic) bond motifs is 1. The van der Waals surface area contributed by atoms with Gasteiger partial charge in [-0.25, -0.2) is 15.1 Å². The predicted octanol–water partition coefficient (Wildman–Crippen LogP) is 3.02. The number of anilines is 1. The minimum absolute atomic E-state index is 0.104. The normalized spacial score (nSPS) is 21.5. The summed E-state index contributed by atoms with van der Waals surface area (Å²) in [5.74, 6) is -0.320. The van der Waals surface area contributed by atoms with Crippen LogP contribution < -0.4 is 10.3 Å². The zero-order valence-electron chi connectivity index (χ0n) is 14.5. The molecule has 0 aromatic heterocycles. The van der Waals surface area contributed by atoms with E-state index in [2.05, 4.69) is 10.5 Å². The van der Waals surface area contributed by atoms with E-state index in [1.165, 1.54) is 0 Å². The van der Waals surface area contributed by atoms with Crippen molar-refractivity contribution in [1.29, 1.82) is 0 Å². The maximum Gasteiger partial charge on any atom is 0.421 e. The van der Waals surface area contributed by atoms with Gasteiger partial charge in [0.25, 0.3) is 5.24 Å². The van der Waals surface area contributed by atoms with Crippen LogP contribution in [-0.4, -0.2) is 34.8 Å². The van der Waals surface area contributed by atoms with Gasteiger partial charge in [-0.1, -0.05) is 17.8 Å². The van der Waals surface area contributed by atoms with Crippen molar-refractivity contribution in [2.45, 2.75) is 38.4 Å². The van der Waals surface area contributed by atoms with Gasteiger partial charge in [-0.15, -0.1) is 0 Å². The van der Waals surface area contributed by atoms with E-state index in [1.54, 1.807) is 32.9 Å². The molecule has 0 fully saturated rings. The van der Waals surface area contributed by atoms with E-state index in [1.807, 2.05) is 13.0 Å². The van der Waals surface area contributed by atoms with Gasteiger partial charge >= 0.3 is 6.09 Å². The molecule has 2 aliphatic heterocycles. The third kappa shape index (κ3) is 2.80. The molecule has 1 N–H and O–H groups in total. The molecule has 0 bridgehead atoms. The van der Waals surface area contributed by atoms with Crippen molar-refractivity contribution in [2.75, 3.05) is 11.5 Å². The minimum Gasteiger partial charge on any atom is -0.449 e. The number of rotatable bonds is 2. The Labute approximate surface area is 149 Å². The molecular weight excluding hydrogens is 342 g/mol. The summed E-state index contributed by atoms with van der Waals surface area (Å²) in [6.07, 6.45) is -0.668. The first-order chi connectivity index (χ1) is 11.8. The average molecular weight is 361 g/mol. The van der Waals surface area contributed by atoms with Crippen LogP contribution in [0.4, 0.5) is 15.3 Å². The molecule has 132 valence electrons. The molecule has 0 radical (unpaired) electrons. The van der Waals surface area contributed by atoms with Crippen LogP contribution in [0.2, 0.25) is 0 Å². The molecule has 0 saturated heterocycles. The summed E-state index contributed by atoms with van der Waals surface area (Å²) in [6.45, 7) is 7.35. The largest absolute Gasteiger partial charge is 0.449 e. The number of ether oxygens (including phenoxy) is 1. The first-order valence-corrected chi connectivity index (χ1v) is 8.85. The van der Waals surface area contributed by atoms with Crippen LogP contribution in [-0.2, 0) is 14.9 Å². The number of nitrogens with zero attached hydrogens (tertiary/aromatic N) is 2. The molecular formula is C17H19N3O4S. The highest BCUT2D eigenvalue weighted by Crippen LogP contribution is 2.42. The number of benzene rings is 1. The van der Waals surface area contributed by atoms with Gasteiger partial charge in [0.05, 0.1) is 28.7 Å². The number of imide groups is 1. The Hall–Kier alpha value is -2.35. The van der Waals surface area contributed by atoms with Crippen molar-refractivity contribution in [3.8, 4) is 0 Å². The molecule has 0 saturated carbocycles. The zero-order valence-corrected chi connectivity index (χ0v) is 15.3. The number of amides is 3. The van der Waals surface area contributed by atoms with E-state index >= 15 is 0 Å². The van der Waals surface area contributed by atoms with Crippen LogP contribution in [0.15, 0.2) is 23.3 Å². The second-order valence-electron chi connectivity index (χ2n) is 6.35. The number of carbonyl (C=O) groups excluding carboxylic acids is 3. The second kappa shape index (κ2) is 6.18. The third-order valence-electron chi connectivity index (χ3n) is 4.33. The number of thioether (sulfide) groups is 1. The molecule has 1 aromatic carbocycles. The van der Waals surface area contributed by atoms with E-state index in [9.17, 15) is 14.4 Å². The number of hydrazone groups is 1. The molecule has 8 heteroatoms. The molecule has 2 heterocycles. The lowest BCUT2D eigenvalue weighted by Gasteiger charge is -2.20. The van der Waals surface area contributed by atoms with Crippen LogP contribution in [0.3, 0.4) is 0 Å². The summed E-state index contributed by atoms with van der Waals surface area (Å²) >= 11 is 1.16. The topological polar surface area (TPSA) is 88.1 Å². The van der Waals surface area contributed by atoms with Crippen molar-refractivity contribution >= 4 is 40.4 Å². The lowest BCUT2D eigenvalue weighted by atomic mass is 9.85. The van der Waals surface area contributed by atoms with Crippen molar-refractivity contribution in [3.05, 3.63) is 29.3 Å². The highest BCUT2D eigenvalue weighted by molar-refractivity contribution is 8.14.